The van der Waals surface area contributed by atoms with Crippen LogP contribution in [0, 0.1) is 0 Å². The number of hydrogen-bond donors (Lipinski definition) is 0. The Balaban J connectivity index is 1.48. The van der Waals surface area contributed by atoms with Crippen molar-refractivity contribution < 1.29 is 4.57 Å². The van der Waals surface area contributed by atoms with Gasteiger partial charge in [0.1, 0.15) is 0 Å². The Morgan fingerprint density at radius 2 is 1.02 bits per heavy atom. The van der Waals surface area contributed by atoms with E-state index in [9.17, 15) is 4.79 Å². The van der Waals surface area contributed by atoms with Gasteiger partial charge in [0.15, 0.2) is 7.14 Å². The average Bonchev–Trinajstić information content (AvgIpc) is 3.05. The standard InChI is InChI=1S/C37H24NO2P/c39-37-32-15-8-7-14-30(32)31-16-9-17-35-36(31)38(37)33-24-28(26-12-5-2-6-13-26)20-23-34(33)41(35,40)29-21-18-27(19-22-29)25-10-3-1-4-11-25/h1-24H. The number of rotatable bonds is 3. The third kappa shape index (κ3) is 3.46. The van der Waals surface area contributed by atoms with E-state index in [0.717, 1.165) is 43.8 Å². The molecule has 194 valence electrons. The second-order valence-corrected chi connectivity index (χ2v) is 13.1. The third-order valence-electron chi connectivity index (χ3n) is 8.23. The largest absolute Gasteiger partial charge is 0.308 e. The molecule has 0 fully saturated rings. The molecular formula is C37H24NO2P. The van der Waals surface area contributed by atoms with Gasteiger partial charge in [-0.1, -0.05) is 121 Å². The molecule has 2 heterocycles. The van der Waals surface area contributed by atoms with E-state index in [2.05, 4.69) is 24.3 Å². The van der Waals surface area contributed by atoms with E-state index in [-0.39, 0.29) is 5.56 Å². The summed E-state index contributed by atoms with van der Waals surface area (Å²) in [6.07, 6.45) is 0. The summed E-state index contributed by atoms with van der Waals surface area (Å²) in [6.45, 7) is 0. The molecule has 8 rings (SSSR count). The monoisotopic (exact) mass is 545 g/mol. The number of nitrogens with zero attached hydrogens (tertiary/aromatic N) is 1. The Bertz CT molecular complexity index is 2230. The van der Waals surface area contributed by atoms with Gasteiger partial charge in [0.05, 0.1) is 11.2 Å². The molecule has 1 atom stereocenters. The molecule has 0 amide bonds. The summed E-state index contributed by atoms with van der Waals surface area (Å²) in [5.74, 6) is 0. The van der Waals surface area contributed by atoms with Crippen LogP contribution in [-0.2, 0) is 4.57 Å². The lowest BCUT2D eigenvalue weighted by atomic mass is 10.0. The fourth-order valence-electron chi connectivity index (χ4n) is 6.28. The second kappa shape index (κ2) is 9.02. The van der Waals surface area contributed by atoms with Crippen LogP contribution >= 0.6 is 7.14 Å². The average molecular weight is 546 g/mol. The smallest absolute Gasteiger partial charge is 0.263 e. The van der Waals surface area contributed by atoms with E-state index < -0.39 is 7.14 Å². The summed E-state index contributed by atoms with van der Waals surface area (Å²) < 4.78 is 17.5. The van der Waals surface area contributed by atoms with Gasteiger partial charge < -0.3 is 4.57 Å². The first kappa shape index (κ1) is 23.9. The number of pyridine rings is 1. The highest BCUT2D eigenvalue weighted by atomic mass is 31.2. The molecule has 0 bridgehead atoms. The first-order valence-corrected chi connectivity index (χ1v) is 15.4. The Kier molecular flexibility index (Phi) is 5.25. The predicted octanol–water partition coefficient (Wildman–Crippen LogP) is 7.43. The Labute approximate surface area is 237 Å². The van der Waals surface area contributed by atoms with Gasteiger partial charge in [0.2, 0.25) is 0 Å². The number of para-hydroxylation sites is 1. The van der Waals surface area contributed by atoms with Gasteiger partial charge in [-0.25, -0.2) is 0 Å². The second-order valence-electron chi connectivity index (χ2n) is 10.5. The Hall–Kier alpha value is -4.98. The van der Waals surface area contributed by atoms with Crippen LogP contribution in [0.1, 0.15) is 0 Å². The fourth-order valence-corrected chi connectivity index (χ4v) is 9.25. The lowest BCUT2D eigenvalue weighted by molar-refractivity contribution is 0.592. The molecule has 4 heteroatoms. The summed E-state index contributed by atoms with van der Waals surface area (Å²) >= 11 is 0. The first-order valence-electron chi connectivity index (χ1n) is 13.7. The highest BCUT2D eigenvalue weighted by molar-refractivity contribution is 7.86. The molecule has 0 saturated carbocycles. The zero-order valence-corrected chi connectivity index (χ0v) is 23.0. The molecule has 7 aromatic rings. The molecule has 0 aliphatic carbocycles. The molecular weight excluding hydrogens is 521 g/mol. The number of benzene rings is 6. The van der Waals surface area contributed by atoms with Crippen molar-refractivity contribution in [3.63, 3.8) is 0 Å². The van der Waals surface area contributed by atoms with Crippen LogP contribution in [0.25, 0.3) is 49.6 Å². The highest BCUT2D eigenvalue weighted by Gasteiger charge is 2.39. The molecule has 0 radical (unpaired) electrons. The normalized spacial score (nSPS) is 15.6. The van der Waals surface area contributed by atoms with Crippen LogP contribution in [-0.4, -0.2) is 4.57 Å². The van der Waals surface area contributed by atoms with Crippen molar-refractivity contribution in [2.45, 2.75) is 0 Å². The van der Waals surface area contributed by atoms with Crippen LogP contribution in [0.5, 0.6) is 0 Å². The molecule has 1 unspecified atom stereocenters. The van der Waals surface area contributed by atoms with E-state index in [1.165, 1.54) is 0 Å². The van der Waals surface area contributed by atoms with E-state index >= 15 is 4.57 Å². The predicted molar refractivity (Wildman–Crippen MR) is 171 cm³/mol. The minimum absolute atomic E-state index is 0.0994. The van der Waals surface area contributed by atoms with Crippen molar-refractivity contribution in [1.82, 2.24) is 4.57 Å². The van der Waals surface area contributed by atoms with Gasteiger partial charge >= 0.3 is 0 Å². The van der Waals surface area contributed by atoms with Crippen LogP contribution in [0.15, 0.2) is 150 Å². The van der Waals surface area contributed by atoms with E-state index in [1.807, 2.05) is 121 Å². The van der Waals surface area contributed by atoms with E-state index in [4.69, 9.17) is 0 Å². The molecule has 0 N–H and O–H groups in total. The molecule has 6 aromatic carbocycles. The third-order valence-corrected chi connectivity index (χ3v) is 11.4. The van der Waals surface area contributed by atoms with Crippen LogP contribution in [0.3, 0.4) is 0 Å². The Morgan fingerprint density at radius 3 is 1.73 bits per heavy atom. The van der Waals surface area contributed by atoms with Gasteiger partial charge in [-0.3, -0.25) is 9.36 Å². The highest BCUT2D eigenvalue weighted by Crippen LogP contribution is 2.49. The first-order chi connectivity index (χ1) is 20.1. The van der Waals surface area contributed by atoms with Crippen LogP contribution < -0.4 is 21.5 Å². The summed E-state index contributed by atoms with van der Waals surface area (Å²) in [4.78, 5) is 14.2. The van der Waals surface area contributed by atoms with Crippen molar-refractivity contribution >= 4 is 44.7 Å². The summed E-state index contributed by atoms with van der Waals surface area (Å²) in [5.41, 5.74) is 5.50. The molecule has 3 nitrogen and oxygen atoms in total. The fraction of sp³-hybridized carbons (Fsp3) is 0. The van der Waals surface area contributed by atoms with Crippen molar-refractivity contribution in [3.05, 3.63) is 156 Å². The molecule has 1 aromatic heterocycles. The molecule has 1 aliphatic heterocycles. The maximum atomic E-state index is 15.7. The lowest BCUT2D eigenvalue weighted by Crippen LogP contribution is -2.37. The minimum atomic E-state index is -3.34. The quantitative estimate of drug-likeness (QED) is 0.171. The van der Waals surface area contributed by atoms with Crippen LogP contribution in [0.2, 0.25) is 0 Å². The summed E-state index contributed by atoms with van der Waals surface area (Å²) in [5, 5.41) is 4.59. The minimum Gasteiger partial charge on any atom is -0.308 e. The maximum Gasteiger partial charge on any atom is 0.263 e. The zero-order chi connectivity index (χ0) is 27.6. The van der Waals surface area contributed by atoms with Gasteiger partial charge in [-0.15, -0.1) is 0 Å². The van der Waals surface area contributed by atoms with E-state index in [0.29, 0.717) is 21.7 Å². The maximum absolute atomic E-state index is 15.7. The van der Waals surface area contributed by atoms with Crippen LogP contribution in [0.4, 0.5) is 0 Å². The number of hydrogen-bond acceptors (Lipinski definition) is 2. The van der Waals surface area contributed by atoms with Crippen molar-refractivity contribution in [2.24, 2.45) is 0 Å². The van der Waals surface area contributed by atoms with Gasteiger partial charge in [0.25, 0.3) is 5.56 Å². The van der Waals surface area contributed by atoms with E-state index in [1.54, 1.807) is 4.57 Å². The lowest BCUT2D eigenvalue weighted by Gasteiger charge is -2.31. The van der Waals surface area contributed by atoms with Gasteiger partial charge in [-0.05, 0) is 51.9 Å². The number of aromatic nitrogens is 1. The SMILES string of the molecule is O=c1c2ccccc2c2cccc3c2n1-c1cc(-c2ccccc2)ccc1P3(=O)c1ccc(-c2ccccc2)cc1. The van der Waals surface area contributed by atoms with Crippen molar-refractivity contribution in [3.8, 4) is 27.9 Å². The molecule has 41 heavy (non-hydrogen) atoms. The topological polar surface area (TPSA) is 39.1 Å². The van der Waals surface area contributed by atoms with Crippen molar-refractivity contribution in [1.29, 1.82) is 0 Å². The molecule has 0 saturated heterocycles. The van der Waals surface area contributed by atoms with Crippen molar-refractivity contribution in [2.75, 3.05) is 0 Å². The molecule has 0 spiro atoms. The van der Waals surface area contributed by atoms with Gasteiger partial charge in [-0.2, -0.15) is 0 Å². The zero-order valence-electron chi connectivity index (χ0n) is 22.1. The Morgan fingerprint density at radius 1 is 0.463 bits per heavy atom. The van der Waals surface area contributed by atoms with Gasteiger partial charge in [0, 0.05) is 26.7 Å². The summed E-state index contributed by atoms with van der Waals surface area (Å²) in [6, 6.07) is 48.0. The number of fused-ring (bicyclic) bond motifs is 4. The summed E-state index contributed by atoms with van der Waals surface area (Å²) in [7, 11) is -3.34. The molecule has 1 aliphatic rings.